The van der Waals surface area contributed by atoms with Crippen molar-refractivity contribution >= 4 is 46.2 Å². The van der Waals surface area contributed by atoms with E-state index in [0.717, 1.165) is 16.9 Å². The lowest BCUT2D eigenvalue weighted by atomic mass is 10.1. The predicted molar refractivity (Wildman–Crippen MR) is 142 cm³/mol. The molecule has 1 amide bonds. The van der Waals surface area contributed by atoms with Crippen LogP contribution in [-0.2, 0) is 11.4 Å². The lowest BCUT2D eigenvalue weighted by Gasteiger charge is -2.15. The number of rotatable bonds is 8. The highest BCUT2D eigenvalue weighted by Crippen LogP contribution is 2.39. The summed E-state index contributed by atoms with van der Waals surface area (Å²) in [7, 11) is 1.61. The van der Waals surface area contributed by atoms with Crippen molar-refractivity contribution in [3.05, 3.63) is 87.3 Å². The monoisotopic (exact) mass is 508 g/mol. The minimum absolute atomic E-state index is 0.226. The van der Waals surface area contributed by atoms with Crippen molar-refractivity contribution in [1.29, 1.82) is 0 Å². The van der Waals surface area contributed by atoms with E-state index in [2.05, 4.69) is 10.3 Å². The van der Waals surface area contributed by atoms with E-state index >= 15 is 0 Å². The van der Waals surface area contributed by atoms with E-state index in [-0.39, 0.29) is 5.91 Å². The molecule has 0 spiro atoms. The molecule has 0 saturated carbocycles. The van der Waals surface area contributed by atoms with Gasteiger partial charge < -0.3 is 19.5 Å². The molecule has 0 unspecified atom stereocenters. The number of nitrogens with one attached hydrogen (secondary N) is 1. The summed E-state index contributed by atoms with van der Waals surface area (Å²) in [6.45, 7) is 4.75. The molecule has 0 aromatic heterocycles. The molecule has 0 radical (unpaired) electrons. The Kier molecular flexibility index (Phi) is 8.00. The number of carbonyl (C=O) groups is 1. The number of amides is 1. The van der Waals surface area contributed by atoms with Crippen molar-refractivity contribution in [2.45, 2.75) is 20.5 Å². The van der Waals surface area contributed by atoms with Crippen LogP contribution in [0.15, 0.2) is 70.6 Å². The second-order valence-corrected chi connectivity index (χ2v) is 9.15. The SMILES string of the molecule is CCOc1cc(/C=C2/SC(=Nc3ccc(OC)cc3)NC2=O)cc(Cl)c1OCc1ccc(C)cc1. The van der Waals surface area contributed by atoms with E-state index in [1.165, 1.54) is 17.3 Å². The van der Waals surface area contributed by atoms with Crippen LogP contribution in [0.25, 0.3) is 6.08 Å². The van der Waals surface area contributed by atoms with Crippen molar-refractivity contribution < 1.29 is 19.0 Å². The van der Waals surface area contributed by atoms with Crippen LogP contribution in [0.1, 0.15) is 23.6 Å². The summed E-state index contributed by atoms with van der Waals surface area (Å²) < 4.78 is 17.0. The molecule has 6 nitrogen and oxygen atoms in total. The normalized spacial score (nSPS) is 15.4. The first kappa shape index (κ1) is 24.7. The van der Waals surface area contributed by atoms with Crippen LogP contribution in [0.4, 0.5) is 5.69 Å². The first-order valence-electron chi connectivity index (χ1n) is 11.0. The van der Waals surface area contributed by atoms with Crippen molar-refractivity contribution in [1.82, 2.24) is 5.32 Å². The third-order valence-corrected chi connectivity index (χ3v) is 6.28. The van der Waals surface area contributed by atoms with Crippen LogP contribution in [0, 0.1) is 6.92 Å². The summed E-state index contributed by atoms with van der Waals surface area (Å²) in [5, 5.41) is 3.70. The number of thioether (sulfide) groups is 1. The smallest absolute Gasteiger partial charge is 0.264 e. The Hall–Kier alpha value is -3.42. The van der Waals surface area contributed by atoms with Crippen molar-refractivity contribution in [2.24, 2.45) is 4.99 Å². The van der Waals surface area contributed by atoms with Gasteiger partial charge in [0.05, 0.1) is 29.3 Å². The molecule has 0 atom stereocenters. The summed E-state index contributed by atoms with van der Waals surface area (Å²) in [5.41, 5.74) is 3.66. The molecule has 180 valence electrons. The Morgan fingerprint density at radius 3 is 2.49 bits per heavy atom. The zero-order valence-corrected chi connectivity index (χ0v) is 21.2. The zero-order chi connectivity index (χ0) is 24.8. The van der Waals surface area contributed by atoms with E-state index in [1.54, 1.807) is 19.3 Å². The number of benzene rings is 3. The van der Waals surface area contributed by atoms with Crippen LogP contribution >= 0.6 is 23.4 Å². The highest BCUT2D eigenvalue weighted by Gasteiger charge is 2.24. The highest BCUT2D eigenvalue weighted by atomic mass is 35.5. The summed E-state index contributed by atoms with van der Waals surface area (Å²) in [5.74, 6) is 1.51. The fourth-order valence-corrected chi connectivity index (χ4v) is 4.44. The molecule has 35 heavy (non-hydrogen) atoms. The number of hydrogen-bond donors (Lipinski definition) is 1. The average Bonchev–Trinajstić information content (AvgIpc) is 3.18. The lowest BCUT2D eigenvalue weighted by Crippen LogP contribution is -2.19. The third-order valence-electron chi connectivity index (χ3n) is 5.09. The third kappa shape index (κ3) is 6.38. The molecular weight excluding hydrogens is 484 g/mol. The summed E-state index contributed by atoms with van der Waals surface area (Å²) in [4.78, 5) is 17.5. The second kappa shape index (κ2) is 11.3. The summed E-state index contributed by atoms with van der Waals surface area (Å²) in [6.07, 6.45) is 1.76. The Balaban J connectivity index is 1.53. The molecule has 3 aromatic carbocycles. The molecule has 0 aliphatic carbocycles. The first-order chi connectivity index (χ1) is 16.9. The summed E-state index contributed by atoms with van der Waals surface area (Å²) >= 11 is 7.83. The molecular formula is C27H25ClN2O4S. The fourth-order valence-electron chi connectivity index (χ4n) is 3.32. The maximum atomic E-state index is 12.5. The van der Waals surface area contributed by atoms with Crippen LogP contribution in [-0.4, -0.2) is 24.8 Å². The van der Waals surface area contributed by atoms with Gasteiger partial charge in [-0.2, -0.15) is 0 Å². The van der Waals surface area contributed by atoms with Gasteiger partial charge in [0.1, 0.15) is 12.4 Å². The number of halogens is 1. The maximum absolute atomic E-state index is 12.5. The Morgan fingerprint density at radius 2 is 1.80 bits per heavy atom. The van der Waals surface area contributed by atoms with E-state index < -0.39 is 0 Å². The largest absolute Gasteiger partial charge is 0.497 e. The van der Waals surface area contributed by atoms with Crippen LogP contribution in [0.5, 0.6) is 17.2 Å². The number of amidine groups is 1. The topological polar surface area (TPSA) is 69.2 Å². The molecule has 1 heterocycles. The van der Waals surface area contributed by atoms with Crippen LogP contribution in [0.2, 0.25) is 5.02 Å². The number of methoxy groups -OCH3 is 1. The van der Waals surface area contributed by atoms with Crippen molar-refractivity contribution in [3.8, 4) is 17.2 Å². The number of aryl methyl sites for hydroxylation is 1. The van der Waals surface area contributed by atoms with Gasteiger partial charge in [-0.05, 0) is 79.2 Å². The molecule has 4 rings (SSSR count). The zero-order valence-electron chi connectivity index (χ0n) is 19.6. The van der Waals surface area contributed by atoms with E-state index in [4.69, 9.17) is 25.8 Å². The van der Waals surface area contributed by atoms with Gasteiger partial charge >= 0.3 is 0 Å². The van der Waals surface area contributed by atoms with E-state index in [1.807, 2.05) is 68.4 Å². The fraction of sp³-hybridized carbons (Fsp3) is 0.185. The van der Waals surface area contributed by atoms with Gasteiger partial charge in [-0.25, -0.2) is 4.99 Å². The maximum Gasteiger partial charge on any atom is 0.264 e. The highest BCUT2D eigenvalue weighted by molar-refractivity contribution is 8.18. The molecule has 1 N–H and O–H groups in total. The second-order valence-electron chi connectivity index (χ2n) is 7.72. The van der Waals surface area contributed by atoms with Crippen LogP contribution in [0.3, 0.4) is 0 Å². The minimum atomic E-state index is -0.226. The quantitative estimate of drug-likeness (QED) is 0.350. The first-order valence-corrected chi connectivity index (χ1v) is 12.2. The van der Waals surface area contributed by atoms with E-state index in [9.17, 15) is 4.79 Å². The Labute approximate surface area is 214 Å². The number of ether oxygens (including phenoxy) is 3. The minimum Gasteiger partial charge on any atom is -0.497 e. The Morgan fingerprint density at radius 1 is 1.06 bits per heavy atom. The molecule has 1 fully saturated rings. The average molecular weight is 509 g/mol. The Bertz CT molecular complexity index is 1270. The molecule has 1 saturated heterocycles. The van der Waals surface area contributed by atoms with Gasteiger partial charge in [-0.1, -0.05) is 41.4 Å². The number of aliphatic imine (C=N–C) groups is 1. The summed E-state index contributed by atoms with van der Waals surface area (Å²) in [6, 6.07) is 19.0. The lowest BCUT2D eigenvalue weighted by molar-refractivity contribution is -0.115. The van der Waals surface area contributed by atoms with Gasteiger partial charge in [0.15, 0.2) is 16.7 Å². The predicted octanol–water partition coefficient (Wildman–Crippen LogP) is 6.53. The van der Waals surface area contributed by atoms with Crippen molar-refractivity contribution in [2.75, 3.05) is 13.7 Å². The van der Waals surface area contributed by atoms with Gasteiger partial charge in [-0.15, -0.1) is 0 Å². The van der Waals surface area contributed by atoms with Crippen molar-refractivity contribution in [3.63, 3.8) is 0 Å². The molecule has 1 aliphatic heterocycles. The van der Waals surface area contributed by atoms with Gasteiger partial charge in [0.25, 0.3) is 5.91 Å². The number of nitrogens with zero attached hydrogens (tertiary/aromatic N) is 1. The number of hydrogen-bond acceptors (Lipinski definition) is 6. The van der Waals surface area contributed by atoms with Gasteiger partial charge in [0.2, 0.25) is 0 Å². The van der Waals surface area contributed by atoms with Gasteiger partial charge in [0, 0.05) is 0 Å². The van der Waals surface area contributed by atoms with Gasteiger partial charge in [-0.3, -0.25) is 4.79 Å². The standard InChI is InChI=1S/C27H25ClN2O4S/c1-4-33-23-14-19(13-22(28)25(23)34-16-18-7-5-17(2)6-8-18)15-24-26(31)30-27(35-24)29-20-9-11-21(32-3)12-10-20/h5-15H,4,16H2,1-3H3,(H,29,30,31)/b24-15+. The van der Waals surface area contributed by atoms with Crippen LogP contribution < -0.4 is 19.5 Å². The van der Waals surface area contributed by atoms with E-state index in [0.29, 0.717) is 45.5 Å². The molecule has 3 aromatic rings. The molecule has 1 aliphatic rings. The molecule has 8 heteroatoms. The molecule has 0 bridgehead atoms. The number of carbonyl (C=O) groups excluding carboxylic acids is 1.